The van der Waals surface area contributed by atoms with Crippen LogP contribution in [0.15, 0.2) is 66.6 Å². The SMILES string of the molecule is Cc1c2c(cc3ccccc13)OC1=Cc3cccc(C(C)(C)C)c3C3C=C[N+](C)=C2C13. The number of rotatable bonds is 0. The number of fused-ring (bicyclic) bond motifs is 5. The minimum absolute atomic E-state index is 0.0909. The van der Waals surface area contributed by atoms with E-state index in [0.29, 0.717) is 0 Å². The number of ether oxygens (including phenoxy) is 1. The number of benzene rings is 3. The van der Waals surface area contributed by atoms with Gasteiger partial charge in [-0.3, -0.25) is 0 Å². The highest BCUT2D eigenvalue weighted by atomic mass is 16.5. The molecule has 2 atom stereocenters. The minimum atomic E-state index is 0.0909. The molecule has 31 heavy (non-hydrogen) atoms. The monoisotopic (exact) mass is 406 g/mol. The van der Waals surface area contributed by atoms with Gasteiger partial charge in [0, 0.05) is 5.92 Å². The highest BCUT2D eigenvalue weighted by molar-refractivity contribution is 6.10. The Balaban J connectivity index is 1.67. The zero-order chi connectivity index (χ0) is 21.5. The van der Waals surface area contributed by atoms with Crippen LogP contribution in [0.3, 0.4) is 0 Å². The first-order valence-electron chi connectivity index (χ1n) is 11.2. The number of aryl methyl sites for hydroxylation is 1. The van der Waals surface area contributed by atoms with E-state index in [1.807, 2.05) is 0 Å². The van der Waals surface area contributed by atoms with Crippen molar-refractivity contribution in [1.29, 1.82) is 0 Å². The maximum absolute atomic E-state index is 6.67. The summed E-state index contributed by atoms with van der Waals surface area (Å²) >= 11 is 0. The third kappa shape index (κ3) is 2.54. The summed E-state index contributed by atoms with van der Waals surface area (Å²) in [6.07, 6.45) is 6.92. The van der Waals surface area contributed by atoms with Gasteiger partial charge in [-0.1, -0.05) is 63.2 Å². The van der Waals surface area contributed by atoms with Crippen LogP contribution in [0.5, 0.6) is 5.75 Å². The van der Waals surface area contributed by atoms with E-state index in [9.17, 15) is 0 Å². The number of nitrogens with zero attached hydrogens (tertiary/aromatic N) is 1. The molecule has 0 saturated carbocycles. The van der Waals surface area contributed by atoms with Crippen LogP contribution in [0.25, 0.3) is 16.8 Å². The average molecular weight is 407 g/mol. The van der Waals surface area contributed by atoms with Gasteiger partial charge in [0.25, 0.3) is 0 Å². The van der Waals surface area contributed by atoms with Gasteiger partial charge >= 0.3 is 0 Å². The molecule has 0 amide bonds. The highest BCUT2D eigenvalue weighted by Gasteiger charge is 2.48. The fourth-order valence-electron chi connectivity index (χ4n) is 5.80. The lowest BCUT2D eigenvalue weighted by molar-refractivity contribution is -0.427. The third-order valence-corrected chi connectivity index (χ3v) is 7.19. The molecule has 1 aliphatic carbocycles. The van der Waals surface area contributed by atoms with Crippen LogP contribution in [-0.4, -0.2) is 17.3 Å². The summed E-state index contributed by atoms with van der Waals surface area (Å²) in [4.78, 5) is 0. The Morgan fingerprint density at radius 1 is 1.00 bits per heavy atom. The van der Waals surface area contributed by atoms with Crippen molar-refractivity contribution in [2.24, 2.45) is 5.92 Å². The van der Waals surface area contributed by atoms with E-state index >= 15 is 0 Å². The van der Waals surface area contributed by atoms with Crippen molar-refractivity contribution in [2.45, 2.75) is 39.0 Å². The maximum Gasteiger partial charge on any atom is 0.204 e. The molecule has 0 fully saturated rings. The summed E-state index contributed by atoms with van der Waals surface area (Å²) in [6, 6.07) is 17.6. The summed E-state index contributed by atoms with van der Waals surface area (Å²) in [5.41, 5.74) is 8.19. The average Bonchev–Trinajstić information content (AvgIpc) is 2.74. The van der Waals surface area contributed by atoms with Gasteiger partial charge in [0.15, 0.2) is 6.20 Å². The highest BCUT2D eigenvalue weighted by Crippen LogP contribution is 2.51. The van der Waals surface area contributed by atoms with Gasteiger partial charge in [0.05, 0.1) is 5.56 Å². The quantitative estimate of drug-likeness (QED) is 0.386. The lowest BCUT2D eigenvalue weighted by atomic mass is 9.67. The van der Waals surface area contributed by atoms with Crippen LogP contribution in [-0.2, 0) is 5.41 Å². The number of allylic oxidation sites excluding steroid dienone is 2. The number of hydrogen-bond acceptors (Lipinski definition) is 1. The van der Waals surface area contributed by atoms with Crippen molar-refractivity contribution < 1.29 is 9.31 Å². The van der Waals surface area contributed by atoms with Gasteiger partial charge in [-0.15, -0.1) is 0 Å². The lowest BCUT2D eigenvalue weighted by Crippen LogP contribution is -2.40. The predicted molar refractivity (Wildman–Crippen MR) is 128 cm³/mol. The number of hydrogen-bond donors (Lipinski definition) is 0. The molecule has 0 saturated heterocycles. The molecule has 0 bridgehead atoms. The van der Waals surface area contributed by atoms with E-state index in [4.69, 9.17) is 4.74 Å². The second kappa shape index (κ2) is 6.20. The van der Waals surface area contributed by atoms with Gasteiger partial charge in [0.1, 0.15) is 24.5 Å². The molecular formula is C29H28NO+. The van der Waals surface area contributed by atoms with Crippen LogP contribution < -0.4 is 4.74 Å². The molecule has 0 N–H and O–H groups in total. The van der Waals surface area contributed by atoms with Gasteiger partial charge < -0.3 is 4.74 Å². The molecule has 3 aliphatic rings. The second-order valence-corrected chi connectivity index (χ2v) is 10.1. The summed E-state index contributed by atoms with van der Waals surface area (Å²) in [5.74, 6) is 2.54. The molecular weight excluding hydrogens is 378 g/mol. The Bertz CT molecular complexity index is 1360. The standard InChI is InChI=1S/C29H28NO/c1-17-20-11-7-6-9-18(20)15-23-25(17)28-27-21(13-14-30(28)5)26-19(16-24(27)31-23)10-8-12-22(26)29(2,3)4/h6-16,21,27H,1-5H3/q+1. The first-order valence-corrected chi connectivity index (χ1v) is 11.2. The Morgan fingerprint density at radius 2 is 1.81 bits per heavy atom. The normalized spacial score (nSPS) is 21.3. The zero-order valence-corrected chi connectivity index (χ0v) is 18.9. The molecule has 2 heterocycles. The molecule has 6 rings (SSSR count). The molecule has 2 heteroatoms. The van der Waals surface area contributed by atoms with E-state index in [0.717, 1.165) is 11.5 Å². The van der Waals surface area contributed by atoms with E-state index in [1.54, 1.807) is 0 Å². The topological polar surface area (TPSA) is 12.2 Å². The van der Waals surface area contributed by atoms with Gasteiger partial charge in [-0.05, 0) is 63.6 Å². The molecule has 0 radical (unpaired) electrons. The van der Waals surface area contributed by atoms with Crippen LogP contribution in [0.4, 0.5) is 0 Å². The van der Waals surface area contributed by atoms with Gasteiger partial charge in [-0.25, -0.2) is 4.58 Å². The van der Waals surface area contributed by atoms with Gasteiger partial charge in [-0.2, -0.15) is 0 Å². The van der Waals surface area contributed by atoms with Crippen molar-refractivity contribution in [2.75, 3.05) is 7.05 Å². The first-order chi connectivity index (χ1) is 14.8. The van der Waals surface area contributed by atoms with E-state index < -0.39 is 0 Å². The Labute approximate surface area is 184 Å². The lowest BCUT2D eigenvalue weighted by Gasteiger charge is -2.39. The Hall–Kier alpha value is -3.13. The molecule has 3 aromatic rings. The zero-order valence-electron chi connectivity index (χ0n) is 18.9. The Morgan fingerprint density at radius 3 is 2.61 bits per heavy atom. The van der Waals surface area contributed by atoms with Gasteiger partial charge in [0.2, 0.25) is 5.71 Å². The van der Waals surface area contributed by atoms with Crippen molar-refractivity contribution in [3.05, 3.63) is 94.4 Å². The van der Waals surface area contributed by atoms with Crippen LogP contribution >= 0.6 is 0 Å². The van der Waals surface area contributed by atoms with E-state index in [2.05, 4.69) is 106 Å². The molecule has 2 aliphatic heterocycles. The van der Waals surface area contributed by atoms with Crippen LogP contribution in [0, 0.1) is 12.8 Å². The summed E-state index contributed by atoms with van der Waals surface area (Å²) < 4.78 is 8.98. The summed E-state index contributed by atoms with van der Waals surface area (Å²) in [7, 11) is 2.18. The fraction of sp³-hybridized carbons (Fsp3) is 0.276. The fourth-order valence-corrected chi connectivity index (χ4v) is 5.80. The molecule has 0 aromatic heterocycles. The van der Waals surface area contributed by atoms with Crippen molar-refractivity contribution in [3.63, 3.8) is 0 Å². The predicted octanol–water partition coefficient (Wildman–Crippen LogP) is 6.55. The van der Waals surface area contributed by atoms with Crippen molar-refractivity contribution in [1.82, 2.24) is 0 Å². The minimum Gasteiger partial charge on any atom is -0.460 e. The summed E-state index contributed by atoms with van der Waals surface area (Å²) in [6.45, 7) is 9.18. The van der Waals surface area contributed by atoms with Crippen LogP contribution in [0.1, 0.15) is 54.5 Å². The molecule has 3 aromatic carbocycles. The van der Waals surface area contributed by atoms with Crippen molar-refractivity contribution >= 4 is 22.6 Å². The van der Waals surface area contributed by atoms with E-state index in [1.165, 1.54) is 44.3 Å². The molecule has 154 valence electrons. The first kappa shape index (κ1) is 18.6. The summed E-state index contributed by atoms with van der Waals surface area (Å²) in [5, 5.41) is 2.53. The smallest absolute Gasteiger partial charge is 0.204 e. The van der Waals surface area contributed by atoms with E-state index in [-0.39, 0.29) is 17.3 Å². The second-order valence-electron chi connectivity index (χ2n) is 10.1. The third-order valence-electron chi connectivity index (χ3n) is 7.19. The Kier molecular flexibility index (Phi) is 3.72. The molecule has 0 spiro atoms. The molecule has 2 nitrogen and oxygen atoms in total. The van der Waals surface area contributed by atoms with Crippen LogP contribution in [0.2, 0.25) is 0 Å². The molecule has 2 unspecified atom stereocenters. The maximum atomic E-state index is 6.67. The van der Waals surface area contributed by atoms with Crippen molar-refractivity contribution in [3.8, 4) is 5.75 Å². The largest absolute Gasteiger partial charge is 0.460 e.